The molecule has 4 nitrogen and oxygen atoms in total. The maximum Gasteiger partial charge on any atom is 0.276 e. The van der Waals surface area contributed by atoms with E-state index in [-0.39, 0.29) is 11.5 Å². The van der Waals surface area contributed by atoms with E-state index in [9.17, 15) is 4.79 Å². The van der Waals surface area contributed by atoms with Crippen LogP contribution in [0.25, 0.3) is 5.52 Å². The SMILES string of the molecule is CC(c1ccccc1)c1ncc2c(=O)n(C)ccn12. The smallest absolute Gasteiger partial charge is 0.276 e. The summed E-state index contributed by atoms with van der Waals surface area (Å²) in [7, 11) is 1.75. The third-order valence-corrected chi connectivity index (χ3v) is 3.49. The van der Waals surface area contributed by atoms with Crippen molar-refractivity contribution in [2.24, 2.45) is 7.05 Å². The minimum absolute atomic E-state index is 0.0264. The lowest BCUT2D eigenvalue weighted by atomic mass is 10.0. The van der Waals surface area contributed by atoms with Gasteiger partial charge in [-0.05, 0) is 5.56 Å². The summed E-state index contributed by atoms with van der Waals surface area (Å²) in [6.07, 6.45) is 5.30. The summed E-state index contributed by atoms with van der Waals surface area (Å²) in [5.74, 6) is 1.04. The van der Waals surface area contributed by atoms with Gasteiger partial charge < -0.3 is 4.57 Å². The number of aromatic nitrogens is 3. The molecular weight excluding hydrogens is 238 g/mol. The number of rotatable bonds is 2. The van der Waals surface area contributed by atoms with Crippen LogP contribution in [0.5, 0.6) is 0 Å². The molecule has 0 spiro atoms. The van der Waals surface area contributed by atoms with Gasteiger partial charge in [0.2, 0.25) is 0 Å². The van der Waals surface area contributed by atoms with E-state index < -0.39 is 0 Å². The van der Waals surface area contributed by atoms with Gasteiger partial charge in [0, 0.05) is 25.4 Å². The number of hydrogen-bond acceptors (Lipinski definition) is 2. The summed E-state index contributed by atoms with van der Waals surface area (Å²) < 4.78 is 3.44. The highest BCUT2D eigenvalue weighted by molar-refractivity contribution is 5.45. The van der Waals surface area contributed by atoms with E-state index in [1.54, 1.807) is 24.0 Å². The van der Waals surface area contributed by atoms with Crippen LogP contribution in [-0.4, -0.2) is 14.0 Å². The molecule has 0 amide bonds. The Balaban J connectivity index is 2.17. The molecule has 2 aromatic heterocycles. The number of imidazole rings is 1. The van der Waals surface area contributed by atoms with E-state index in [0.29, 0.717) is 5.52 Å². The Bertz CT molecular complexity index is 771. The number of benzene rings is 1. The minimum atomic E-state index is -0.0264. The molecule has 0 aliphatic heterocycles. The Morgan fingerprint density at radius 1 is 1.16 bits per heavy atom. The molecule has 0 radical (unpaired) electrons. The lowest BCUT2D eigenvalue weighted by Gasteiger charge is -2.11. The molecule has 1 atom stereocenters. The van der Waals surface area contributed by atoms with Gasteiger partial charge in [0.25, 0.3) is 5.56 Å². The predicted octanol–water partition coefficient (Wildman–Crippen LogP) is 2.18. The minimum Gasteiger partial charge on any atom is -0.315 e. The molecule has 0 aliphatic carbocycles. The highest BCUT2D eigenvalue weighted by atomic mass is 16.1. The summed E-state index contributed by atoms with van der Waals surface area (Å²) in [5, 5.41) is 0. The van der Waals surface area contributed by atoms with Crippen molar-refractivity contribution in [2.75, 3.05) is 0 Å². The van der Waals surface area contributed by atoms with Crippen LogP contribution in [0.1, 0.15) is 24.2 Å². The molecule has 4 heteroatoms. The van der Waals surface area contributed by atoms with Crippen molar-refractivity contribution in [1.29, 1.82) is 0 Å². The summed E-state index contributed by atoms with van der Waals surface area (Å²) in [6.45, 7) is 2.10. The summed E-state index contributed by atoms with van der Waals surface area (Å²) >= 11 is 0. The first-order chi connectivity index (χ1) is 9.18. The molecule has 0 N–H and O–H groups in total. The van der Waals surface area contributed by atoms with Crippen molar-refractivity contribution in [3.05, 3.63) is 70.7 Å². The number of hydrogen-bond donors (Lipinski definition) is 0. The van der Waals surface area contributed by atoms with Crippen molar-refractivity contribution in [1.82, 2.24) is 14.0 Å². The van der Waals surface area contributed by atoms with Gasteiger partial charge in [-0.25, -0.2) is 4.98 Å². The van der Waals surface area contributed by atoms with Gasteiger partial charge in [0.05, 0.1) is 6.20 Å². The normalized spacial score (nSPS) is 12.7. The Morgan fingerprint density at radius 3 is 2.63 bits per heavy atom. The van der Waals surface area contributed by atoms with E-state index in [1.807, 2.05) is 28.8 Å². The maximum absolute atomic E-state index is 12.0. The number of nitrogens with zero attached hydrogens (tertiary/aromatic N) is 3. The fraction of sp³-hybridized carbons (Fsp3) is 0.200. The lowest BCUT2D eigenvalue weighted by molar-refractivity contribution is 0.788. The molecule has 0 saturated carbocycles. The first-order valence-electron chi connectivity index (χ1n) is 6.26. The van der Waals surface area contributed by atoms with Crippen molar-refractivity contribution in [3.8, 4) is 0 Å². The second-order valence-corrected chi connectivity index (χ2v) is 4.72. The van der Waals surface area contributed by atoms with Gasteiger partial charge in [-0.1, -0.05) is 37.3 Å². The number of aryl methyl sites for hydroxylation is 1. The van der Waals surface area contributed by atoms with Gasteiger partial charge in [-0.2, -0.15) is 0 Å². The van der Waals surface area contributed by atoms with Crippen LogP contribution in [0.3, 0.4) is 0 Å². The Labute approximate surface area is 111 Å². The molecule has 3 aromatic rings. The topological polar surface area (TPSA) is 39.3 Å². The molecule has 3 rings (SSSR count). The zero-order valence-electron chi connectivity index (χ0n) is 10.9. The predicted molar refractivity (Wildman–Crippen MR) is 74.4 cm³/mol. The van der Waals surface area contributed by atoms with Crippen LogP contribution in [0.2, 0.25) is 0 Å². The first-order valence-corrected chi connectivity index (χ1v) is 6.26. The van der Waals surface area contributed by atoms with Crippen molar-refractivity contribution in [3.63, 3.8) is 0 Å². The fourth-order valence-corrected chi connectivity index (χ4v) is 2.32. The zero-order chi connectivity index (χ0) is 13.4. The molecule has 0 bridgehead atoms. The van der Waals surface area contributed by atoms with Crippen molar-refractivity contribution < 1.29 is 0 Å². The van der Waals surface area contributed by atoms with Crippen LogP contribution < -0.4 is 5.56 Å². The average Bonchev–Trinajstić information content (AvgIpc) is 2.87. The highest BCUT2D eigenvalue weighted by Gasteiger charge is 2.15. The van der Waals surface area contributed by atoms with Crippen LogP contribution >= 0.6 is 0 Å². The van der Waals surface area contributed by atoms with Crippen LogP contribution in [0, 0.1) is 0 Å². The molecular formula is C15H15N3O. The van der Waals surface area contributed by atoms with E-state index in [0.717, 1.165) is 5.82 Å². The fourth-order valence-electron chi connectivity index (χ4n) is 2.32. The quantitative estimate of drug-likeness (QED) is 0.702. The van der Waals surface area contributed by atoms with Crippen LogP contribution in [-0.2, 0) is 7.05 Å². The van der Waals surface area contributed by atoms with Crippen molar-refractivity contribution in [2.45, 2.75) is 12.8 Å². The molecule has 1 unspecified atom stereocenters. The average molecular weight is 253 g/mol. The summed E-state index contributed by atoms with van der Waals surface area (Å²) in [5.41, 5.74) is 1.78. The Kier molecular flexibility index (Phi) is 2.71. The maximum atomic E-state index is 12.0. The first kappa shape index (κ1) is 11.7. The standard InChI is InChI=1S/C15H15N3O/c1-11(12-6-4-3-5-7-12)14-16-10-13-15(19)17(2)8-9-18(13)14/h3-11H,1-2H3. The van der Waals surface area contributed by atoms with Gasteiger partial charge in [0.15, 0.2) is 0 Å². The zero-order valence-corrected chi connectivity index (χ0v) is 10.9. The highest BCUT2D eigenvalue weighted by Crippen LogP contribution is 2.22. The van der Waals surface area contributed by atoms with Crippen LogP contribution in [0.15, 0.2) is 53.7 Å². The Morgan fingerprint density at radius 2 is 1.89 bits per heavy atom. The molecule has 2 heterocycles. The summed E-state index contributed by atoms with van der Waals surface area (Å²) in [4.78, 5) is 16.4. The van der Waals surface area contributed by atoms with Crippen molar-refractivity contribution >= 4 is 5.52 Å². The van der Waals surface area contributed by atoms with Gasteiger partial charge in [0.1, 0.15) is 11.3 Å². The lowest BCUT2D eigenvalue weighted by Crippen LogP contribution is -2.18. The largest absolute Gasteiger partial charge is 0.315 e. The number of fused-ring (bicyclic) bond motifs is 1. The van der Waals surface area contributed by atoms with Gasteiger partial charge in [-0.3, -0.25) is 9.20 Å². The molecule has 96 valence electrons. The van der Waals surface area contributed by atoms with E-state index in [4.69, 9.17) is 0 Å². The van der Waals surface area contributed by atoms with E-state index >= 15 is 0 Å². The molecule has 0 aliphatic rings. The molecule has 0 saturated heterocycles. The third kappa shape index (κ3) is 1.85. The molecule has 0 fully saturated rings. The summed E-state index contributed by atoms with van der Waals surface area (Å²) in [6, 6.07) is 10.2. The van der Waals surface area contributed by atoms with Crippen LogP contribution in [0.4, 0.5) is 0 Å². The third-order valence-electron chi connectivity index (χ3n) is 3.49. The molecule has 1 aromatic carbocycles. The monoisotopic (exact) mass is 253 g/mol. The van der Waals surface area contributed by atoms with Gasteiger partial charge >= 0.3 is 0 Å². The van der Waals surface area contributed by atoms with E-state index in [2.05, 4.69) is 24.0 Å². The van der Waals surface area contributed by atoms with Gasteiger partial charge in [-0.15, -0.1) is 0 Å². The van der Waals surface area contributed by atoms with E-state index in [1.165, 1.54) is 5.56 Å². The second kappa shape index (κ2) is 4.39. The Hall–Kier alpha value is -2.36. The molecule has 19 heavy (non-hydrogen) atoms. The second-order valence-electron chi connectivity index (χ2n) is 4.72.